The minimum absolute atomic E-state index is 0.0176. The topological polar surface area (TPSA) is 64.8 Å². The van der Waals surface area contributed by atoms with E-state index in [-0.39, 0.29) is 5.91 Å². The van der Waals surface area contributed by atoms with Gasteiger partial charge in [0.05, 0.1) is 19.3 Å². The number of hydrogen-bond acceptors (Lipinski definition) is 4. The van der Waals surface area contributed by atoms with Gasteiger partial charge in [-0.3, -0.25) is 4.79 Å². The summed E-state index contributed by atoms with van der Waals surface area (Å²) in [4.78, 5) is 13.6. The van der Waals surface area contributed by atoms with Gasteiger partial charge in [-0.15, -0.1) is 0 Å². The molecule has 0 aliphatic carbocycles. The van der Waals surface area contributed by atoms with Gasteiger partial charge in [0.1, 0.15) is 0 Å². The molecule has 0 aliphatic heterocycles. The molecule has 0 fully saturated rings. The Kier molecular flexibility index (Phi) is 9.18. The molecular weight excluding hydrogens is 208 g/mol. The van der Waals surface area contributed by atoms with Gasteiger partial charge in [0.15, 0.2) is 0 Å². The lowest BCUT2D eigenvalue weighted by Crippen LogP contribution is -2.46. The second kappa shape index (κ2) is 9.57. The summed E-state index contributed by atoms with van der Waals surface area (Å²) in [6.45, 7) is 4.19. The molecule has 96 valence electrons. The third kappa shape index (κ3) is 6.05. The zero-order valence-corrected chi connectivity index (χ0v) is 10.6. The van der Waals surface area contributed by atoms with Crippen LogP contribution in [0.5, 0.6) is 0 Å². The zero-order chi connectivity index (χ0) is 12.4. The molecule has 5 heteroatoms. The highest BCUT2D eigenvalue weighted by Gasteiger charge is 2.19. The predicted molar refractivity (Wildman–Crippen MR) is 63.2 cm³/mol. The summed E-state index contributed by atoms with van der Waals surface area (Å²) in [6, 6.07) is -0.404. The van der Waals surface area contributed by atoms with Crippen molar-refractivity contribution in [1.29, 1.82) is 0 Å². The first kappa shape index (κ1) is 15.3. The van der Waals surface area contributed by atoms with Crippen molar-refractivity contribution in [3.05, 3.63) is 0 Å². The van der Waals surface area contributed by atoms with Crippen LogP contribution in [0.15, 0.2) is 0 Å². The smallest absolute Gasteiger partial charge is 0.239 e. The molecule has 0 saturated carbocycles. The van der Waals surface area contributed by atoms with Crippen molar-refractivity contribution in [3.63, 3.8) is 0 Å². The maximum atomic E-state index is 11.9. The van der Waals surface area contributed by atoms with Crippen LogP contribution in [0.1, 0.15) is 19.8 Å². The summed E-state index contributed by atoms with van der Waals surface area (Å²) in [7, 11) is 3.23. The summed E-state index contributed by atoms with van der Waals surface area (Å²) >= 11 is 0. The molecule has 0 aromatic carbocycles. The summed E-state index contributed by atoms with van der Waals surface area (Å²) in [5.41, 5.74) is 5.80. The number of hydrogen-bond donors (Lipinski definition) is 1. The predicted octanol–water partition coefficient (Wildman–Crippen LogP) is 0.235. The Morgan fingerprint density at radius 2 is 1.75 bits per heavy atom. The molecule has 5 nitrogen and oxygen atoms in total. The van der Waals surface area contributed by atoms with E-state index >= 15 is 0 Å². The molecule has 0 rings (SSSR count). The van der Waals surface area contributed by atoms with E-state index in [2.05, 4.69) is 0 Å². The van der Waals surface area contributed by atoms with E-state index in [0.29, 0.717) is 26.3 Å². The number of rotatable bonds is 9. The van der Waals surface area contributed by atoms with E-state index < -0.39 is 6.04 Å². The molecule has 0 unspecified atom stereocenters. The van der Waals surface area contributed by atoms with Gasteiger partial charge in [-0.25, -0.2) is 0 Å². The Bertz CT molecular complexity index is 180. The van der Waals surface area contributed by atoms with E-state index in [9.17, 15) is 4.79 Å². The van der Waals surface area contributed by atoms with Crippen molar-refractivity contribution in [1.82, 2.24) is 4.90 Å². The lowest BCUT2D eigenvalue weighted by molar-refractivity contribution is -0.134. The van der Waals surface area contributed by atoms with Crippen LogP contribution in [0, 0.1) is 0 Å². The average Bonchev–Trinajstić information content (AvgIpc) is 2.29. The van der Waals surface area contributed by atoms with Crippen molar-refractivity contribution in [2.75, 3.05) is 40.5 Å². The monoisotopic (exact) mass is 232 g/mol. The maximum Gasteiger partial charge on any atom is 0.239 e. The molecule has 0 aromatic rings. The quantitative estimate of drug-likeness (QED) is 0.618. The molecule has 16 heavy (non-hydrogen) atoms. The Morgan fingerprint density at radius 3 is 2.12 bits per heavy atom. The molecule has 0 radical (unpaired) electrons. The van der Waals surface area contributed by atoms with Crippen molar-refractivity contribution < 1.29 is 14.3 Å². The second-order valence-corrected chi connectivity index (χ2v) is 3.71. The number of nitrogens with two attached hydrogens (primary N) is 1. The minimum Gasteiger partial charge on any atom is -0.383 e. The Hall–Kier alpha value is -0.650. The summed E-state index contributed by atoms with van der Waals surface area (Å²) in [5, 5.41) is 0. The van der Waals surface area contributed by atoms with Gasteiger partial charge in [-0.2, -0.15) is 0 Å². The first-order valence-electron chi connectivity index (χ1n) is 5.69. The number of methoxy groups -OCH3 is 2. The minimum atomic E-state index is -0.404. The Morgan fingerprint density at radius 1 is 1.25 bits per heavy atom. The lowest BCUT2D eigenvalue weighted by atomic mass is 10.1. The summed E-state index contributed by atoms with van der Waals surface area (Å²) in [6.07, 6.45) is 1.63. The van der Waals surface area contributed by atoms with Gasteiger partial charge in [-0.1, -0.05) is 13.3 Å². The van der Waals surface area contributed by atoms with Crippen LogP contribution >= 0.6 is 0 Å². The SMILES string of the molecule is CCC[C@H](N)C(=O)N(CCOC)CCOC. The largest absolute Gasteiger partial charge is 0.383 e. The van der Waals surface area contributed by atoms with Crippen LogP contribution in [-0.2, 0) is 14.3 Å². The molecule has 0 saturated heterocycles. The number of ether oxygens (including phenoxy) is 2. The third-order valence-corrected chi connectivity index (χ3v) is 2.36. The number of carbonyl (C=O) groups is 1. The van der Waals surface area contributed by atoms with Crippen LogP contribution < -0.4 is 5.73 Å². The van der Waals surface area contributed by atoms with Crippen LogP contribution in [-0.4, -0.2) is 57.4 Å². The fraction of sp³-hybridized carbons (Fsp3) is 0.909. The van der Waals surface area contributed by atoms with Crippen molar-refractivity contribution in [2.45, 2.75) is 25.8 Å². The fourth-order valence-corrected chi connectivity index (χ4v) is 1.40. The normalized spacial score (nSPS) is 12.5. The summed E-state index contributed by atoms with van der Waals surface area (Å²) in [5.74, 6) is -0.0176. The van der Waals surface area contributed by atoms with Crippen molar-refractivity contribution in [2.24, 2.45) is 5.73 Å². The van der Waals surface area contributed by atoms with Gasteiger partial charge in [0.2, 0.25) is 5.91 Å². The number of amides is 1. The average molecular weight is 232 g/mol. The van der Waals surface area contributed by atoms with E-state index in [4.69, 9.17) is 15.2 Å². The highest BCUT2D eigenvalue weighted by Crippen LogP contribution is 2.00. The Labute approximate surface area is 97.9 Å². The van der Waals surface area contributed by atoms with Crippen molar-refractivity contribution >= 4 is 5.91 Å². The first-order chi connectivity index (χ1) is 7.67. The van der Waals surface area contributed by atoms with Gasteiger partial charge < -0.3 is 20.1 Å². The molecule has 0 spiro atoms. The second-order valence-electron chi connectivity index (χ2n) is 3.71. The maximum absolute atomic E-state index is 11.9. The lowest BCUT2D eigenvalue weighted by Gasteiger charge is -2.25. The van der Waals surface area contributed by atoms with Crippen LogP contribution in [0.3, 0.4) is 0 Å². The van der Waals surface area contributed by atoms with E-state index in [1.165, 1.54) is 0 Å². The van der Waals surface area contributed by atoms with Gasteiger partial charge in [0, 0.05) is 27.3 Å². The molecule has 1 atom stereocenters. The number of carbonyl (C=O) groups excluding carboxylic acids is 1. The standard InChI is InChI=1S/C11H24N2O3/c1-4-5-10(12)11(14)13(6-8-15-2)7-9-16-3/h10H,4-9,12H2,1-3H3/t10-/m0/s1. The Balaban J connectivity index is 4.18. The molecule has 0 heterocycles. The first-order valence-corrected chi connectivity index (χ1v) is 5.69. The van der Waals surface area contributed by atoms with Gasteiger partial charge in [-0.05, 0) is 6.42 Å². The van der Waals surface area contributed by atoms with Crippen LogP contribution in [0.25, 0.3) is 0 Å². The molecule has 0 aromatic heterocycles. The zero-order valence-electron chi connectivity index (χ0n) is 10.6. The third-order valence-electron chi connectivity index (χ3n) is 2.36. The highest BCUT2D eigenvalue weighted by atomic mass is 16.5. The van der Waals surface area contributed by atoms with E-state index in [1.807, 2.05) is 6.92 Å². The van der Waals surface area contributed by atoms with Gasteiger partial charge >= 0.3 is 0 Å². The molecular formula is C11H24N2O3. The van der Waals surface area contributed by atoms with Crippen LogP contribution in [0.4, 0.5) is 0 Å². The van der Waals surface area contributed by atoms with E-state index in [0.717, 1.165) is 12.8 Å². The molecule has 0 bridgehead atoms. The highest BCUT2D eigenvalue weighted by molar-refractivity contribution is 5.81. The number of nitrogens with zero attached hydrogens (tertiary/aromatic N) is 1. The van der Waals surface area contributed by atoms with Gasteiger partial charge in [0.25, 0.3) is 0 Å². The van der Waals surface area contributed by atoms with Crippen LogP contribution in [0.2, 0.25) is 0 Å². The molecule has 0 aliphatic rings. The van der Waals surface area contributed by atoms with E-state index in [1.54, 1.807) is 19.1 Å². The molecule has 2 N–H and O–H groups in total. The summed E-state index contributed by atoms with van der Waals surface area (Å²) < 4.78 is 9.93. The fourth-order valence-electron chi connectivity index (χ4n) is 1.40. The van der Waals surface area contributed by atoms with Crippen molar-refractivity contribution in [3.8, 4) is 0 Å². The molecule has 1 amide bonds.